The van der Waals surface area contributed by atoms with Crippen molar-refractivity contribution < 1.29 is 9.47 Å². The van der Waals surface area contributed by atoms with Crippen LogP contribution in [0.4, 0.5) is 0 Å². The molecule has 2 rings (SSSR count). The van der Waals surface area contributed by atoms with E-state index in [0.29, 0.717) is 5.92 Å². The number of benzene rings is 2. The van der Waals surface area contributed by atoms with Gasteiger partial charge in [0.2, 0.25) is 0 Å². The minimum absolute atomic E-state index is 0.442. The Kier molecular flexibility index (Phi) is 4.67. The molecule has 0 aliphatic carbocycles. The van der Waals surface area contributed by atoms with Gasteiger partial charge in [0.25, 0.3) is 0 Å². The molecule has 2 nitrogen and oxygen atoms in total. The van der Waals surface area contributed by atoms with E-state index in [-0.39, 0.29) is 0 Å². The van der Waals surface area contributed by atoms with Crippen molar-refractivity contribution in [3.8, 4) is 11.5 Å². The second kappa shape index (κ2) is 6.47. The maximum Gasteiger partial charge on any atom is 0.161 e. The average molecular weight is 270 g/mol. The van der Waals surface area contributed by atoms with Gasteiger partial charge in [0.05, 0.1) is 14.2 Å². The van der Waals surface area contributed by atoms with Gasteiger partial charge in [-0.3, -0.25) is 0 Å². The fourth-order valence-corrected chi connectivity index (χ4v) is 2.60. The van der Waals surface area contributed by atoms with E-state index in [1.54, 1.807) is 14.2 Å². The SMILES string of the molecule is COc1cc(C)c(C(C)Cc2ccccc2)cc1OC. The van der Waals surface area contributed by atoms with E-state index in [0.717, 1.165) is 17.9 Å². The normalized spacial score (nSPS) is 12.0. The zero-order valence-corrected chi connectivity index (χ0v) is 12.6. The number of hydrogen-bond acceptors (Lipinski definition) is 2. The van der Waals surface area contributed by atoms with Gasteiger partial charge in [0.15, 0.2) is 11.5 Å². The van der Waals surface area contributed by atoms with Crippen molar-refractivity contribution in [2.75, 3.05) is 14.2 Å². The summed E-state index contributed by atoms with van der Waals surface area (Å²) < 4.78 is 10.8. The monoisotopic (exact) mass is 270 g/mol. The third-order valence-electron chi connectivity index (χ3n) is 3.69. The zero-order chi connectivity index (χ0) is 14.5. The Morgan fingerprint density at radius 1 is 0.950 bits per heavy atom. The minimum Gasteiger partial charge on any atom is -0.493 e. The Bertz CT molecular complexity index is 561. The molecule has 2 aromatic carbocycles. The molecule has 0 radical (unpaired) electrons. The minimum atomic E-state index is 0.442. The molecule has 0 aliphatic heterocycles. The Hall–Kier alpha value is -1.96. The zero-order valence-electron chi connectivity index (χ0n) is 12.6. The van der Waals surface area contributed by atoms with E-state index in [4.69, 9.17) is 9.47 Å². The molecule has 0 aliphatic rings. The predicted octanol–water partition coefficient (Wildman–Crippen LogP) is 4.36. The van der Waals surface area contributed by atoms with Gasteiger partial charge in [-0.2, -0.15) is 0 Å². The fraction of sp³-hybridized carbons (Fsp3) is 0.333. The van der Waals surface area contributed by atoms with Crippen LogP contribution in [-0.2, 0) is 6.42 Å². The molecule has 0 saturated heterocycles. The van der Waals surface area contributed by atoms with E-state index < -0.39 is 0 Å². The lowest BCUT2D eigenvalue weighted by atomic mass is 9.90. The Balaban J connectivity index is 2.27. The summed E-state index contributed by atoms with van der Waals surface area (Å²) in [7, 11) is 3.35. The lowest BCUT2D eigenvalue weighted by molar-refractivity contribution is 0.354. The third kappa shape index (κ3) is 3.13. The van der Waals surface area contributed by atoms with Crippen LogP contribution in [0.15, 0.2) is 42.5 Å². The summed E-state index contributed by atoms with van der Waals surface area (Å²) in [5, 5.41) is 0. The Labute approximate surface area is 121 Å². The molecule has 106 valence electrons. The van der Waals surface area contributed by atoms with E-state index in [9.17, 15) is 0 Å². The van der Waals surface area contributed by atoms with Gasteiger partial charge >= 0.3 is 0 Å². The molecular formula is C18H22O2. The molecule has 2 heteroatoms. The van der Waals surface area contributed by atoms with Crippen molar-refractivity contribution in [1.29, 1.82) is 0 Å². The van der Waals surface area contributed by atoms with Crippen LogP contribution in [0.25, 0.3) is 0 Å². The van der Waals surface area contributed by atoms with Gasteiger partial charge in [0.1, 0.15) is 0 Å². The van der Waals surface area contributed by atoms with Gasteiger partial charge in [-0.1, -0.05) is 37.3 Å². The van der Waals surface area contributed by atoms with Crippen LogP contribution < -0.4 is 9.47 Å². The summed E-state index contributed by atoms with van der Waals surface area (Å²) >= 11 is 0. The molecule has 1 unspecified atom stereocenters. The van der Waals surface area contributed by atoms with Crippen molar-refractivity contribution >= 4 is 0 Å². The first-order valence-corrected chi connectivity index (χ1v) is 6.92. The molecule has 0 saturated carbocycles. The van der Waals surface area contributed by atoms with E-state index >= 15 is 0 Å². The number of ether oxygens (including phenoxy) is 2. The lowest BCUT2D eigenvalue weighted by Gasteiger charge is -2.18. The Morgan fingerprint density at radius 2 is 1.55 bits per heavy atom. The standard InChI is InChI=1S/C18H22O2/c1-13(10-15-8-6-5-7-9-15)16-12-18(20-4)17(19-3)11-14(16)2/h5-9,11-13H,10H2,1-4H3. The molecule has 20 heavy (non-hydrogen) atoms. The van der Waals surface area contributed by atoms with Gasteiger partial charge in [-0.15, -0.1) is 0 Å². The highest BCUT2D eigenvalue weighted by Gasteiger charge is 2.14. The van der Waals surface area contributed by atoms with Crippen LogP contribution in [0.3, 0.4) is 0 Å². The van der Waals surface area contributed by atoms with Crippen LogP contribution >= 0.6 is 0 Å². The molecular weight excluding hydrogens is 248 g/mol. The summed E-state index contributed by atoms with van der Waals surface area (Å²) in [6, 6.07) is 14.7. The molecule has 0 aromatic heterocycles. The Morgan fingerprint density at radius 3 is 2.15 bits per heavy atom. The highest BCUT2D eigenvalue weighted by molar-refractivity contribution is 5.48. The molecule has 0 spiro atoms. The van der Waals surface area contributed by atoms with Gasteiger partial charge < -0.3 is 9.47 Å². The number of methoxy groups -OCH3 is 2. The smallest absolute Gasteiger partial charge is 0.161 e. The molecule has 2 aromatic rings. The van der Waals surface area contributed by atoms with Crippen molar-refractivity contribution in [3.05, 3.63) is 59.2 Å². The second-order valence-corrected chi connectivity index (χ2v) is 5.15. The quantitative estimate of drug-likeness (QED) is 0.803. The average Bonchev–Trinajstić information content (AvgIpc) is 2.47. The maximum absolute atomic E-state index is 5.41. The highest BCUT2D eigenvalue weighted by atomic mass is 16.5. The third-order valence-corrected chi connectivity index (χ3v) is 3.69. The first kappa shape index (κ1) is 14.4. The van der Waals surface area contributed by atoms with Gasteiger partial charge in [0, 0.05) is 0 Å². The fourth-order valence-electron chi connectivity index (χ4n) is 2.60. The second-order valence-electron chi connectivity index (χ2n) is 5.15. The first-order chi connectivity index (χ1) is 9.65. The van der Waals surface area contributed by atoms with Crippen LogP contribution in [0.5, 0.6) is 11.5 Å². The molecule has 0 fully saturated rings. The molecule has 0 heterocycles. The summed E-state index contributed by atoms with van der Waals surface area (Å²) in [4.78, 5) is 0. The summed E-state index contributed by atoms with van der Waals surface area (Å²) in [6.45, 7) is 4.38. The van der Waals surface area contributed by atoms with E-state index in [1.807, 2.05) is 0 Å². The molecule has 0 amide bonds. The topological polar surface area (TPSA) is 18.5 Å². The predicted molar refractivity (Wildman–Crippen MR) is 82.8 cm³/mol. The van der Waals surface area contributed by atoms with Crippen molar-refractivity contribution in [2.45, 2.75) is 26.2 Å². The number of aryl methyl sites for hydroxylation is 1. The summed E-state index contributed by atoms with van der Waals surface area (Å²) in [5.41, 5.74) is 3.91. The highest BCUT2D eigenvalue weighted by Crippen LogP contribution is 2.34. The van der Waals surface area contributed by atoms with Crippen molar-refractivity contribution in [2.24, 2.45) is 0 Å². The van der Waals surface area contributed by atoms with Crippen LogP contribution in [0.2, 0.25) is 0 Å². The number of hydrogen-bond donors (Lipinski definition) is 0. The molecule has 0 N–H and O–H groups in total. The van der Waals surface area contributed by atoms with Crippen molar-refractivity contribution in [3.63, 3.8) is 0 Å². The summed E-state index contributed by atoms with van der Waals surface area (Å²) in [6.07, 6.45) is 1.02. The first-order valence-electron chi connectivity index (χ1n) is 6.92. The van der Waals surface area contributed by atoms with Gasteiger partial charge in [-0.05, 0) is 48.1 Å². The van der Waals surface area contributed by atoms with E-state index in [1.165, 1.54) is 16.7 Å². The largest absolute Gasteiger partial charge is 0.493 e. The van der Waals surface area contributed by atoms with Crippen LogP contribution in [0.1, 0.15) is 29.5 Å². The summed E-state index contributed by atoms with van der Waals surface area (Å²) in [5.74, 6) is 2.03. The van der Waals surface area contributed by atoms with Crippen LogP contribution in [-0.4, -0.2) is 14.2 Å². The maximum atomic E-state index is 5.41. The molecule has 0 bridgehead atoms. The lowest BCUT2D eigenvalue weighted by Crippen LogP contribution is -2.02. The van der Waals surface area contributed by atoms with Gasteiger partial charge in [-0.25, -0.2) is 0 Å². The van der Waals surface area contributed by atoms with Crippen molar-refractivity contribution in [1.82, 2.24) is 0 Å². The number of rotatable bonds is 5. The molecule has 1 atom stereocenters. The van der Waals surface area contributed by atoms with Crippen LogP contribution in [0, 0.1) is 6.92 Å². The van der Waals surface area contributed by atoms with E-state index in [2.05, 4.69) is 56.3 Å².